The number of amides is 4. The highest BCUT2D eigenvalue weighted by Crippen LogP contribution is 2.35. The van der Waals surface area contributed by atoms with Crippen LogP contribution in [0, 0.1) is 0 Å². The van der Waals surface area contributed by atoms with Crippen LogP contribution < -0.4 is 15.5 Å². The number of esters is 1. The van der Waals surface area contributed by atoms with Crippen molar-refractivity contribution in [2.45, 2.75) is 57.1 Å². The van der Waals surface area contributed by atoms with Crippen LogP contribution in [0.15, 0.2) is 24.3 Å². The Kier molecular flexibility index (Phi) is 7.35. The van der Waals surface area contributed by atoms with E-state index in [0.29, 0.717) is 31.7 Å². The van der Waals surface area contributed by atoms with Gasteiger partial charge in [-0.3, -0.25) is 19.3 Å². The van der Waals surface area contributed by atoms with Crippen molar-refractivity contribution in [3.05, 3.63) is 24.3 Å². The van der Waals surface area contributed by atoms with E-state index >= 15 is 0 Å². The average molecular weight is 473 g/mol. The van der Waals surface area contributed by atoms with E-state index < -0.39 is 29.6 Å². The molecule has 1 aromatic carbocycles. The number of nitrogens with one attached hydrogen (secondary N) is 2. The number of anilines is 2. The van der Waals surface area contributed by atoms with E-state index in [9.17, 15) is 19.2 Å². The van der Waals surface area contributed by atoms with Crippen molar-refractivity contribution in [3.8, 4) is 0 Å². The van der Waals surface area contributed by atoms with Crippen molar-refractivity contribution in [1.82, 2.24) is 10.2 Å². The maximum Gasteiger partial charge on any atom is 0.325 e. The molecule has 3 fully saturated rings. The third kappa shape index (κ3) is 5.32. The molecule has 1 spiro atoms. The topological polar surface area (TPSA) is 117 Å². The second-order valence-electron chi connectivity index (χ2n) is 9.05. The Morgan fingerprint density at radius 2 is 1.82 bits per heavy atom. The molecular formula is C24H32N4O6. The van der Waals surface area contributed by atoms with Gasteiger partial charge in [0.2, 0.25) is 0 Å². The van der Waals surface area contributed by atoms with E-state index in [2.05, 4.69) is 15.5 Å². The van der Waals surface area contributed by atoms with Crippen LogP contribution in [0.5, 0.6) is 0 Å². The first-order valence-electron chi connectivity index (χ1n) is 12.0. The number of imide groups is 1. The summed E-state index contributed by atoms with van der Waals surface area (Å²) in [5.74, 6) is -1.17. The normalized spacial score (nSPS) is 20.4. The summed E-state index contributed by atoms with van der Waals surface area (Å²) in [6.45, 7) is 4.72. The predicted molar refractivity (Wildman–Crippen MR) is 124 cm³/mol. The van der Waals surface area contributed by atoms with E-state index in [1.807, 2.05) is 24.3 Å². The smallest absolute Gasteiger partial charge is 0.325 e. The Labute approximate surface area is 198 Å². The summed E-state index contributed by atoms with van der Waals surface area (Å²) < 4.78 is 10.6. The van der Waals surface area contributed by atoms with Gasteiger partial charge >= 0.3 is 12.0 Å². The lowest BCUT2D eigenvalue weighted by Gasteiger charge is -2.28. The molecule has 1 aromatic rings. The molecule has 184 valence electrons. The van der Waals surface area contributed by atoms with Crippen molar-refractivity contribution in [1.29, 1.82) is 0 Å². The summed E-state index contributed by atoms with van der Waals surface area (Å²) in [7, 11) is 0. The molecule has 2 heterocycles. The molecule has 0 radical (unpaired) electrons. The summed E-state index contributed by atoms with van der Waals surface area (Å²) in [6, 6.07) is 7.10. The van der Waals surface area contributed by atoms with Gasteiger partial charge in [-0.2, -0.15) is 0 Å². The first-order chi connectivity index (χ1) is 16.4. The molecular weight excluding hydrogens is 440 g/mol. The van der Waals surface area contributed by atoms with Crippen molar-refractivity contribution in [3.63, 3.8) is 0 Å². The fourth-order valence-electron chi connectivity index (χ4n) is 4.71. The number of morpholine rings is 1. The van der Waals surface area contributed by atoms with Gasteiger partial charge in [-0.25, -0.2) is 4.79 Å². The van der Waals surface area contributed by atoms with Crippen molar-refractivity contribution in [2.24, 2.45) is 0 Å². The number of carbonyl (C=O) groups excluding carboxylic acids is 4. The summed E-state index contributed by atoms with van der Waals surface area (Å²) >= 11 is 0. The molecule has 10 heteroatoms. The largest absolute Gasteiger partial charge is 0.453 e. The minimum absolute atomic E-state index is 0.00985. The highest BCUT2D eigenvalue weighted by molar-refractivity contribution is 6.07. The van der Waals surface area contributed by atoms with Gasteiger partial charge < -0.3 is 25.0 Å². The Balaban J connectivity index is 1.18. The molecule has 4 rings (SSSR count). The zero-order valence-electron chi connectivity index (χ0n) is 19.5. The monoisotopic (exact) mass is 472 g/mol. The molecule has 1 aliphatic carbocycles. The molecule has 3 aliphatic rings. The van der Waals surface area contributed by atoms with Gasteiger partial charge in [-0.1, -0.05) is 12.8 Å². The molecule has 4 amide bonds. The third-order valence-corrected chi connectivity index (χ3v) is 6.65. The summed E-state index contributed by atoms with van der Waals surface area (Å²) in [5.41, 5.74) is 0.930. The van der Waals surface area contributed by atoms with Gasteiger partial charge in [0.15, 0.2) is 6.10 Å². The van der Waals surface area contributed by atoms with Crippen LogP contribution in [0.2, 0.25) is 0 Å². The van der Waals surface area contributed by atoms with Crippen molar-refractivity contribution < 1.29 is 28.7 Å². The second kappa shape index (κ2) is 10.4. The fourth-order valence-corrected chi connectivity index (χ4v) is 4.71. The lowest BCUT2D eigenvalue weighted by molar-refractivity contribution is -0.153. The maximum absolute atomic E-state index is 12.6. The van der Waals surface area contributed by atoms with Gasteiger partial charge in [0.25, 0.3) is 11.8 Å². The molecule has 10 nitrogen and oxygen atoms in total. The van der Waals surface area contributed by atoms with Crippen LogP contribution in [0.3, 0.4) is 0 Å². The molecule has 2 N–H and O–H groups in total. The third-order valence-electron chi connectivity index (χ3n) is 6.65. The highest BCUT2D eigenvalue weighted by Gasteiger charge is 2.52. The maximum atomic E-state index is 12.6. The molecule has 2 aliphatic heterocycles. The Hall–Kier alpha value is -3.14. The van der Waals surface area contributed by atoms with Crippen LogP contribution in [-0.4, -0.2) is 73.2 Å². The van der Waals surface area contributed by atoms with Crippen molar-refractivity contribution >= 4 is 35.2 Å². The van der Waals surface area contributed by atoms with Crippen LogP contribution in [0.4, 0.5) is 16.2 Å². The Morgan fingerprint density at radius 1 is 1.15 bits per heavy atom. The highest BCUT2D eigenvalue weighted by atomic mass is 16.5. The molecule has 0 unspecified atom stereocenters. The average Bonchev–Trinajstić information content (AvgIpc) is 3.40. The lowest BCUT2D eigenvalue weighted by atomic mass is 9.98. The molecule has 1 atom stereocenters. The van der Waals surface area contributed by atoms with E-state index in [1.165, 1.54) is 11.8 Å². The summed E-state index contributed by atoms with van der Waals surface area (Å²) in [6.07, 6.45) is 2.50. The van der Waals surface area contributed by atoms with Crippen LogP contribution in [0.25, 0.3) is 0 Å². The fraction of sp³-hybridized carbons (Fsp3) is 0.583. The van der Waals surface area contributed by atoms with Crippen LogP contribution in [0.1, 0.15) is 45.4 Å². The Bertz CT molecular complexity index is 922. The number of rotatable bonds is 8. The van der Waals surface area contributed by atoms with E-state index in [4.69, 9.17) is 9.47 Å². The van der Waals surface area contributed by atoms with Gasteiger partial charge in [-0.15, -0.1) is 0 Å². The summed E-state index contributed by atoms with van der Waals surface area (Å²) in [5, 5.41) is 5.57. The van der Waals surface area contributed by atoms with E-state index in [-0.39, 0.29) is 25.3 Å². The molecule has 0 aromatic heterocycles. The Morgan fingerprint density at radius 3 is 2.50 bits per heavy atom. The number of carbonyl (C=O) groups is 4. The number of ether oxygens (including phenoxy) is 2. The first-order valence-corrected chi connectivity index (χ1v) is 12.0. The molecule has 0 bridgehead atoms. The van der Waals surface area contributed by atoms with Crippen molar-refractivity contribution in [2.75, 3.05) is 43.1 Å². The molecule has 34 heavy (non-hydrogen) atoms. The minimum atomic E-state index is -0.968. The number of hydrogen-bond acceptors (Lipinski definition) is 7. The quantitative estimate of drug-likeness (QED) is 0.439. The first kappa shape index (κ1) is 24.0. The van der Waals surface area contributed by atoms with Gasteiger partial charge in [0.1, 0.15) is 5.54 Å². The second-order valence-corrected chi connectivity index (χ2v) is 9.05. The minimum Gasteiger partial charge on any atom is -0.453 e. The van der Waals surface area contributed by atoms with E-state index in [1.54, 1.807) is 0 Å². The lowest BCUT2D eigenvalue weighted by Crippen LogP contribution is -2.44. The summed E-state index contributed by atoms with van der Waals surface area (Å²) in [4.78, 5) is 52.8. The van der Waals surface area contributed by atoms with Gasteiger partial charge in [-0.05, 0) is 50.5 Å². The van der Waals surface area contributed by atoms with Crippen LogP contribution >= 0.6 is 0 Å². The standard InChI is InChI=1S/C24H32N4O6/c1-17(21(30)25-18-6-8-19(9-7-18)27-13-15-33-16-14-27)34-20(29)5-4-12-28-22(31)24(26-23(28)32)10-2-3-11-24/h6-9,17H,2-5,10-16H2,1H3,(H,25,30)(H,26,32)/t17-/m0/s1. The number of benzene rings is 1. The van der Waals surface area contributed by atoms with E-state index in [0.717, 1.165) is 31.6 Å². The van der Waals surface area contributed by atoms with Gasteiger partial charge in [0.05, 0.1) is 13.2 Å². The zero-order valence-corrected chi connectivity index (χ0v) is 19.5. The van der Waals surface area contributed by atoms with Gasteiger partial charge in [0, 0.05) is 37.4 Å². The number of hydrogen-bond donors (Lipinski definition) is 2. The number of urea groups is 1. The zero-order chi connectivity index (χ0) is 24.1. The predicted octanol–water partition coefficient (Wildman–Crippen LogP) is 2.04. The number of nitrogens with zero attached hydrogens (tertiary/aromatic N) is 2. The SMILES string of the molecule is C[C@H](OC(=O)CCCN1C(=O)NC2(CCCC2)C1=O)C(=O)Nc1ccc(N2CCOCC2)cc1. The van der Waals surface area contributed by atoms with Crippen LogP contribution in [-0.2, 0) is 23.9 Å². The molecule has 2 saturated heterocycles. The molecule has 1 saturated carbocycles.